The predicted molar refractivity (Wildman–Crippen MR) is 162 cm³/mol. The number of aromatic amines is 1. The summed E-state index contributed by atoms with van der Waals surface area (Å²) in [5.41, 5.74) is 13.4. The Morgan fingerprint density at radius 2 is 1.69 bits per heavy atom. The zero-order valence-corrected chi connectivity index (χ0v) is 22.8. The second-order valence-electron chi connectivity index (χ2n) is 9.95. The Bertz CT molecular complexity index is 1990. The summed E-state index contributed by atoms with van der Waals surface area (Å²) < 4.78 is 13.4. The fourth-order valence-corrected chi connectivity index (χ4v) is 5.13. The van der Waals surface area contributed by atoms with Crippen molar-refractivity contribution in [3.63, 3.8) is 0 Å². The summed E-state index contributed by atoms with van der Waals surface area (Å²) in [6.45, 7) is 2.34. The van der Waals surface area contributed by atoms with Crippen LogP contribution in [-0.2, 0) is 17.9 Å². The molecule has 4 N–H and O–H groups in total. The van der Waals surface area contributed by atoms with Gasteiger partial charge in [0.25, 0.3) is 11.5 Å². The Morgan fingerprint density at radius 3 is 2.45 bits per heavy atom. The van der Waals surface area contributed by atoms with Crippen molar-refractivity contribution in [1.29, 1.82) is 0 Å². The van der Waals surface area contributed by atoms with E-state index in [4.69, 9.17) is 30.1 Å². The highest BCUT2D eigenvalue weighted by Crippen LogP contribution is 2.40. The van der Waals surface area contributed by atoms with Crippen LogP contribution in [0.15, 0.2) is 95.9 Å². The van der Waals surface area contributed by atoms with Crippen molar-refractivity contribution >= 4 is 27.9 Å². The van der Waals surface area contributed by atoms with Gasteiger partial charge in [-0.05, 0) is 40.5 Å². The number of benzene rings is 4. The van der Waals surface area contributed by atoms with Crippen molar-refractivity contribution in [2.75, 3.05) is 6.79 Å². The maximum Gasteiger partial charge on any atom is 0.300 e. The molecule has 0 atom stereocenters. The molecule has 0 saturated heterocycles. The second-order valence-corrected chi connectivity index (χ2v) is 9.95. The van der Waals surface area contributed by atoms with Crippen LogP contribution < -0.4 is 20.8 Å². The van der Waals surface area contributed by atoms with Gasteiger partial charge in [0.15, 0.2) is 11.5 Å². The first-order valence-electron chi connectivity index (χ1n) is 13.4. The molecule has 9 heteroatoms. The van der Waals surface area contributed by atoms with Crippen LogP contribution in [0.3, 0.4) is 0 Å². The third-order valence-electron chi connectivity index (χ3n) is 7.01. The zero-order chi connectivity index (χ0) is 29.2. The van der Waals surface area contributed by atoms with Crippen LogP contribution in [0, 0.1) is 0 Å². The van der Waals surface area contributed by atoms with Gasteiger partial charge in [0.2, 0.25) is 6.79 Å². The summed E-state index contributed by atoms with van der Waals surface area (Å²) in [5, 5.41) is 8.29. The van der Waals surface area contributed by atoms with Gasteiger partial charge < -0.3 is 29.9 Å². The molecule has 0 amide bonds. The minimum absolute atomic E-state index is 0.175. The molecule has 3 heterocycles. The largest absolute Gasteiger partial charge is 0.481 e. The maximum absolute atomic E-state index is 13.4. The molecule has 9 nitrogen and oxygen atoms in total. The molecule has 7 rings (SSSR count). The first-order valence-corrected chi connectivity index (χ1v) is 13.4. The Balaban J connectivity index is 0.000000744. The lowest BCUT2D eigenvalue weighted by Crippen LogP contribution is -2.11. The molecule has 210 valence electrons. The number of hydrogen-bond donors (Lipinski definition) is 3. The Morgan fingerprint density at radius 1 is 0.952 bits per heavy atom. The normalized spacial score (nSPS) is 11.9. The van der Waals surface area contributed by atoms with E-state index in [1.54, 1.807) is 0 Å². The lowest BCUT2D eigenvalue weighted by molar-refractivity contribution is -0.134. The van der Waals surface area contributed by atoms with Crippen molar-refractivity contribution in [2.24, 2.45) is 5.73 Å². The first kappa shape index (κ1) is 26.8. The molecule has 0 fully saturated rings. The van der Waals surface area contributed by atoms with E-state index < -0.39 is 5.97 Å². The Hall–Kier alpha value is -5.41. The summed E-state index contributed by atoms with van der Waals surface area (Å²) in [6, 6.07) is 28.1. The highest BCUT2D eigenvalue weighted by molar-refractivity contribution is 5.98. The Kier molecular flexibility index (Phi) is 7.16. The number of rotatable bonds is 5. The molecule has 6 aromatic rings. The van der Waals surface area contributed by atoms with Gasteiger partial charge in [0.1, 0.15) is 5.69 Å². The molecule has 0 bridgehead atoms. The number of ether oxygens (including phenoxy) is 2. The van der Waals surface area contributed by atoms with Gasteiger partial charge in [-0.1, -0.05) is 60.7 Å². The fourth-order valence-electron chi connectivity index (χ4n) is 5.13. The van der Waals surface area contributed by atoms with Gasteiger partial charge in [0.05, 0.1) is 16.6 Å². The van der Waals surface area contributed by atoms with E-state index in [1.807, 2.05) is 79.0 Å². The number of H-pyrrole nitrogens is 1. The summed E-state index contributed by atoms with van der Waals surface area (Å²) in [7, 11) is 0. The lowest BCUT2D eigenvalue weighted by Gasteiger charge is -2.08. The maximum atomic E-state index is 13.4. The van der Waals surface area contributed by atoms with E-state index in [9.17, 15) is 4.79 Å². The van der Waals surface area contributed by atoms with Crippen LogP contribution in [0.5, 0.6) is 11.5 Å². The molecular formula is C33H28N4O5. The van der Waals surface area contributed by atoms with Gasteiger partial charge in [0, 0.05) is 43.2 Å². The highest BCUT2D eigenvalue weighted by Gasteiger charge is 2.21. The van der Waals surface area contributed by atoms with Crippen molar-refractivity contribution in [1.82, 2.24) is 14.5 Å². The molecule has 2 aromatic heterocycles. The molecule has 1 aliphatic rings. The van der Waals surface area contributed by atoms with E-state index in [-0.39, 0.29) is 12.4 Å². The minimum Gasteiger partial charge on any atom is -0.481 e. The molecular weight excluding hydrogens is 532 g/mol. The van der Waals surface area contributed by atoms with E-state index in [2.05, 4.69) is 21.7 Å². The smallest absolute Gasteiger partial charge is 0.300 e. The standard InChI is InChI=1S/C31H24N4O3.C2H4O2/c32-15-19-5-4-6-20(11-19)16-35-17-24(23-13-28-29(14-27(23)35)38-18-37-28)30-31(36)34-26-12-22(9-10-25(26)33-30)21-7-2-1-3-8-21;1-2(3)4/h1-14,17H,15-16,18,32H2,(H,34,36);1H3,(H,3,4). The Labute approximate surface area is 240 Å². The quantitative estimate of drug-likeness (QED) is 0.252. The second kappa shape index (κ2) is 11.2. The number of carboxylic acids is 1. The number of carboxylic acid groups (broad SMARTS) is 1. The van der Waals surface area contributed by atoms with Gasteiger partial charge in [-0.2, -0.15) is 0 Å². The third kappa shape index (κ3) is 5.33. The zero-order valence-electron chi connectivity index (χ0n) is 22.8. The predicted octanol–water partition coefficient (Wildman–Crippen LogP) is 5.54. The number of fused-ring (bicyclic) bond motifs is 3. The van der Waals surface area contributed by atoms with Gasteiger partial charge in [-0.15, -0.1) is 0 Å². The van der Waals surface area contributed by atoms with Crippen LogP contribution in [0.2, 0.25) is 0 Å². The molecule has 0 saturated carbocycles. The van der Waals surface area contributed by atoms with Crippen LogP contribution in [-0.4, -0.2) is 32.4 Å². The van der Waals surface area contributed by atoms with E-state index >= 15 is 0 Å². The van der Waals surface area contributed by atoms with Crippen LogP contribution in [0.4, 0.5) is 0 Å². The SMILES string of the molecule is CC(=O)O.NCc1cccc(Cn2cc(-c3nc4ccc(-c5ccccc5)cc4[nH]c3=O)c3cc4c(cc32)OCO4)c1. The first-order chi connectivity index (χ1) is 20.4. The van der Waals surface area contributed by atoms with Gasteiger partial charge >= 0.3 is 0 Å². The molecule has 0 spiro atoms. The van der Waals surface area contributed by atoms with Crippen LogP contribution >= 0.6 is 0 Å². The average molecular weight is 561 g/mol. The molecule has 0 aliphatic carbocycles. The lowest BCUT2D eigenvalue weighted by atomic mass is 10.0. The molecule has 1 aliphatic heterocycles. The minimum atomic E-state index is -0.833. The van der Waals surface area contributed by atoms with Crippen LogP contribution in [0.25, 0.3) is 44.3 Å². The molecule has 42 heavy (non-hydrogen) atoms. The average Bonchev–Trinajstić information content (AvgIpc) is 3.59. The number of nitrogens with one attached hydrogen (secondary N) is 1. The molecule has 4 aromatic carbocycles. The van der Waals surface area contributed by atoms with Crippen molar-refractivity contribution in [2.45, 2.75) is 20.0 Å². The molecule has 0 radical (unpaired) electrons. The number of aliphatic carboxylic acids is 1. The third-order valence-corrected chi connectivity index (χ3v) is 7.01. The summed E-state index contributed by atoms with van der Waals surface area (Å²) in [4.78, 5) is 30.3. The number of nitrogens with zero attached hydrogens (tertiary/aromatic N) is 2. The van der Waals surface area contributed by atoms with Crippen molar-refractivity contribution in [3.05, 3.63) is 113 Å². The fraction of sp³-hybridized carbons (Fsp3) is 0.121. The summed E-state index contributed by atoms with van der Waals surface area (Å²) >= 11 is 0. The van der Waals surface area contributed by atoms with E-state index in [0.29, 0.717) is 35.8 Å². The topological polar surface area (TPSA) is 132 Å². The van der Waals surface area contributed by atoms with Crippen molar-refractivity contribution in [3.8, 4) is 33.9 Å². The van der Waals surface area contributed by atoms with Gasteiger partial charge in [-0.3, -0.25) is 9.59 Å². The highest BCUT2D eigenvalue weighted by atomic mass is 16.7. The summed E-state index contributed by atoms with van der Waals surface area (Å²) in [6.07, 6.45) is 1.98. The number of hydrogen-bond acceptors (Lipinski definition) is 6. The number of nitrogens with two attached hydrogens (primary N) is 1. The van der Waals surface area contributed by atoms with E-state index in [1.165, 1.54) is 0 Å². The summed E-state index contributed by atoms with van der Waals surface area (Å²) in [5.74, 6) is 0.513. The van der Waals surface area contributed by atoms with E-state index in [0.717, 1.165) is 51.2 Å². The van der Waals surface area contributed by atoms with Crippen LogP contribution in [0.1, 0.15) is 18.1 Å². The van der Waals surface area contributed by atoms with Gasteiger partial charge in [-0.25, -0.2) is 4.98 Å². The van der Waals surface area contributed by atoms with Crippen molar-refractivity contribution < 1.29 is 19.4 Å². The number of aromatic nitrogens is 3. The monoisotopic (exact) mass is 560 g/mol. The number of carbonyl (C=O) groups is 1. The molecule has 0 unspecified atom stereocenters.